The van der Waals surface area contributed by atoms with Crippen LogP contribution in [-0.4, -0.2) is 11.8 Å². The largest absolute Gasteiger partial charge is 0.452 e. The molecule has 0 saturated heterocycles. The lowest BCUT2D eigenvalue weighted by Crippen LogP contribution is -2.08. The number of rotatable bonds is 3. The molecule has 1 aliphatic rings. The van der Waals surface area contributed by atoms with E-state index in [-0.39, 0.29) is 39.0 Å². The first-order valence-electron chi connectivity index (χ1n) is 8.42. The number of allylic oxidation sites excluding steroid dienone is 1. The van der Waals surface area contributed by atoms with Crippen LogP contribution in [0.5, 0.6) is 11.5 Å². The van der Waals surface area contributed by atoms with Crippen LogP contribution in [0.1, 0.15) is 26.3 Å². The maximum absolute atomic E-state index is 14.0. The lowest BCUT2D eigenvalue weighted by atomic mass is 10.1. The zero-order valence-electron chi connectivity index (χ0n) is 14.6. The molecular weight excluding hydrogens is 402 g/mol. The molecule has 4 nitrogen and oxygen atoms in total. The summed E-state index contributed by atoms with van der Waals surface area (Å²) in [6.45, 7) is 0. The lowest BCUT2D eigenvalue weighted by molar-refractivity contribution is 0.0734. The van der Waals surface area contributed by atoms with Crippen LogP contribution < -0.4 is 9.47 Å². The standard InChI is InChI=1S/C22H11ClF2O4/c23-17-5-2-6-18(25)16(17)11-20-21(26)15-8-7-14(10-19(15)29-20)28-22(27)12-3-1-4-13(24)9-12/h1-11H/b20-11-. The van der Waals surface area contributed by atoms with Gasteiger partial charge in [0.15, 0.2) is 5.76 Å². The van der Waals surface area contributed by atoms with Crippen LogP contribution in [-0.2, 0) is 0 Å². The smallest absolute Gasteiger partial charge is 0.343 e. The molecule has 29 heavy (non-hydrogen) atoms. The van der Waals surface area contributed by atoms with E-state index in [1.807, 2.05) is 0 Å². The number of ketones is 1. The summed E-state index contributed by atoms with van der Waals surface area (Å²) in [5, 5.41) is 0.134. The predicted octanol–water partition coefficient (Wildman–Crippen LogP) is 5.45. The molecule has 3 aromatic rings. The van der Waals surface area contributed by atoms with E-state index in [9.17, 15) is 18.4 Å². The molecule has 0 atom stereocenters. The van der Waals surface area contributed by atoms with E-state index in [4.69, 9.17) is 21.1 Å². The maximum atomic E-state index is 14.0. The monoisotopic (exact) mass is 412 g/mol. The Hall–Kier alpha value is -3.51. The molecule has 7 heteroatoms. The fourth-order valence-corrected chi connectivity index (χ4v) is 3.01. The normalized spacial score (nSPS) is 13.9. The molecule has 4 rings (SSSR count). The Kier molecular flexibility index (Phi) is 4.86. The molecule has 0 aliphatic carbocycles. The first kappa shape index (κ1) is 18.8. The summed E-state index contributed by atoms with van der Waals surface area (Å²) in [4.78, 5) is 24.7. The molecule has 0 unspecified atom stereocenters. The van der Waals surface area contributed by atoms with Crippen molar-refractivity contribution in [3.63, 3.8) is 0 Å². The first-order valence-corrected chi connectivity index (χ1v) is 8.80. The molecule has 0 aromatic heterocycles. The first-order chi connectivity index (χ1) is 13.9. The van der Waals surface area contributed by atoms with E-state index >= 15 is 0 Å². The van der Waals surface area contributed by atoms with Crippen molar-refractivity contribution < 1.29 is 27.8 Å². The summed E-state index contributed by atoms with van der Waals surface area (Å²) in [7, 11) is 0. The molecule has 1 heterocycles. The van der Waals surface area contributed by atoms with Crippen LogP contribution in [0.15, 0.2) is 66.4 Å². The number of ether oxygens (including phenoxy) is 2. The van der Waals surface area contributed by atoms with Gasteiger partial charge in [0.1, 0.15) is 23.1 Å². The van der Waals surface area contributed by atoms with Gasteiger partial charge in [-0.05, 0) is 48.5 Å². The number of Topliss-reactive ketones (excluding diaryl/α,β-unsaturated/α-hetero) is 1. The molecule has 3 aromatic carbocycles. The predicted molar refractivity (Wildman–Crippen MR) is 102 cm³/mol. The summed E-state index contributed by atoms with van der Waals surface area (Å²) >= 11 is 5.98. The molecule has 1 aliphatic heterocycles. The van der Waals surface area contributed by atoms with E-state index in [0.717, 1.165) is 6.07 Å². The second-order valence-electron chi connectivity index (χ2n) is 6.13. The number of fused-ring (bicyclic) bond motifs is 1. The van der Waals surface area contributed by atoms with E-state index in [0.29, 0.717) is 0 Å². The number of hydrogen-bond donors (Lipinski definition) is 0. The molecule has 0 bridgehead atoms. The van der Waals surface area contributed by atoms with Crippen molar-refractivity contribution >= 4 is 29.4 Å². The third kappa shape index (κ3) is 3.75. The Bertz CT molecular complexity index is 1170. The van der Waals surface area contributed by atoms with Gasteiger partial charge in [0.25, 0.3) is 0 Å². The molecule has 0 saturated carbocycles. The highest BCUT2D eigenvalue weighted by Crippen LogP contribution is 2.36. The Morgan fingerprint density at radius 2 is 1.83 bits per heavy atom. The zero-order chi connectivity index (χ0) is 20.5. The van der Waals surface area contributed by atoms with Gasteiger partial charge in [-0.2, -0.15) is 0 Å². The maximum Gasteiger partial charge on any atom is 0.343 e. The van der Waals surface area contributed by atoms with E-state index in [1.165, 1.54) is 60.7 Å². The van der Waals surface area contributed by atoms with Crippen molar-refractivity contribution in [2.45, 2.75) is 0 Å². The van der Waals surface area contributed by atoms with Crippen LogP contribution in [0.2, 0.25) is 5.02 Å². The summed E-state index contributed by atoms with van der Waals surface area (Å²) in [5.41, 5.74) is 0.301. The van der Waals surface area contributed by atoms with Crippen LogP contribution in [0.4, 0.5) is 8.78 Å². The number of esters is 1. The fraction of sp³-hybridized carbons (Fsp3) is 0. The van der Waals surface area contributed by atoms with Gasteiger partial charge in [-0.3, -0.25) is 4.79 Å². The van der Waals surface area contributed by atoms with Gasteiger partial charge in [0.05, 0.1) is 16.1 Å². The van der Waals surface area contributed by atoms with Gasteiger partial charge in [-0.1, -0.05) is 23.7 Å². The van der Waals surface area contributed by atoms with E-state index in [1.54, 1.807) is 0 Å². The number of carbonyl (C=O) groups excluding carboxylic acids is 2. The number of carbonyl (C=O) groups is 2. The minimum Gasteiger partial charge on any atom is -0.452 e. The minimum atomic E-state index is -0.761. The number of benzene rings is 3. The summed E-state index contributed by atoms with van der Waals surface area (Å²) < 4.78 is 38.0. The molecular formula is C22H11ClF2O4. The summed E-state index contributed by atoms with van der Waals surface area (Å²) in [6, 6.07) is 13.4. The van der Waals surface area contributed by atoms with Crippen molar-refractivity contribution in [1.29, 1.82) is 0 Å². The Labute approximate surface area is 168 Å². The molecule has 0 N–H and O–H groups in total. The average molecular weight is 413 g/mol. The quantitative estimate of drug-likeness (QED) is 0.326. The van der Waals surface area contributed by atoms with Gasteiger partial charge in [0.2, 0.25) is 5.78 Å². The van der Waals surface area contributed by atoms with Crippen molar-refractivity contribution in [2.24, 2.45) is 0 Å². The van der Waals surface area contributed by atoms with E-state index in [2.05, 4.69) is 0 Å². The SMILES string of the molecule is O=C(Oc1ccc2c(c1)O/C(=C\c1c(F)cccc1Cl)C2=O)c1cccc(F)c1. The second-order valence-corrected chi connectivity index (χ2v) is 6.54. The highest BCUT2D eigenvalue weighted by molar-refractivity contribution is 6.32. The van der Waals surface area contributed by atoms with Gasteiger partial charge in [0, 0.05) is 11.6 Å². The van der Waals surface area contributed by atoms with Crippen LogP contribution in [0, 0.1) is 11.6 Å². The van der Waals surface area contributed by atoms with Gasteiger partial charge in [-0.15, -0.1) is 0 Å². The third-order valence-electron chi connectivity index (χ3n) is 4.19. The zero-order valence-corrected chi connectivity index (χ0v) is 15.4. The second kappa shape index (κ2) is 7.48. The average Bonchev–Trinajstić information content (AvgIpc) is 3.00. The van der Waals surface area contributed by atoms with Crippen LogP contribution in [0.3, 0.4) is 0 Å². The number of halogens is 3. The van der Waals surface area contributed by atoms with Gasteiger partial charge in [-0.25, -0.2) is 13.6 Å². The molecule has 0 fully saturated rings. The Balaban J connectivity index is 1.59. The Morgan fingerprint density at radius 3 is 2.59 bits per heavy atom. The van der Waals surface area contributed by atoms with Crippen LogP contribution in [0.25, 0.3) is 6.08 Å². The van der Waals surface area contributed by atoms with Crippen molar-refractivity contribution in [3.05, 3.63) is 99.8 Å². The van der Waals surface area contributed by atoms with Crippen molar-refractivity contribution in [3.8, 4) is 11.5 Å². The number of hydrogen-bond acceptors (Lipinski definition) is 4. The molecule has 0 spiro atoms. The molecule has 144 valence electrons. The molecule has 0 amide bonds. The van der Waals surface area contributed by atoms with Crippen molar-refractivity contribution in [1.82, 2.24) is 0 Å². The van der Waals surface area contributed by atoms with Crippen molar-refractivity contribution in [2.75, 3.05) is 0 Å². The Morgan fingerprint density at radius 1 is 1.03 bits per heavy atom. The minimum absolute atomic E-state index is 0.0306. The van der Waals surface area contributed by atoms with Gasteiger partial charge >= 0.3 is 5.97 Å². The highest BCUT2D eigenvalue weighted by Gasteiger charge is 2.28. The topological polar surface area (TPSA) is 52.6 Å². The highest BCUT2D eigenvalue weighted by atomic mass is 35.5. The van der Waals surface area contributed by atoms with Gasteiger partial charge < -0.3 is 9.47 Å². The van der Waals surface area contributed by atoms with Crippen LogP contribution >= 0.6 is 11.6 Å². The molecule has 0 radical (unpaired) electrons. The lowest BCUT2D eigenvalue weighted by Gasteiger charge is -2.06. The fourth-order valence-electron chi connectivity index (χ4n) is 2.79. The summed E-state index contributed by atoms with van der Waals surface area (Å²) in [5.74, 6) is -2.23. The van der Waals surface area contributed by atoms with E-state index < -0.39 is 23.4 Å². The summed E-state index contributed by atoms with van der Waals surface area (Å²) in [6.07, 6.45) is 1.22. The third-order valence-corrected chi connectivity index (χ3v) is 4.52.